The Morgan fingerprint density at radius 1 is 1.08 bits per heavy atom. The lowest BCUT2D eigenvalue weighted by Gasteiger charge is -2.35. The van der Waals surface area contributed by atoms with Gasteiger partial charge in [0.15, 0.2) is 0 Å². The number of aliphatic hydroxyl groups is 1. The van der Waals surface area contributed by atoms with E-state index in [4.69, 9.17) is 0 Å². The van der Waals surface area contributed by atoms with Gasteiger partial charge in [-0.05, 0) is 77.4 Å². The number of rotatable bonds is 6. The first kappa shape index (κ1) is 24.5. The fourth-order valence-electron chi connectivity index (χ4n) is 5.35. The number of benzene rings is 3. The number of aliphatic hydroxyl groups excluding tert-OH is 1. The van der Waals surface area contributed by atoms with Gasteiger partial charge in [0.05, 0.1) is 0 Å². The zero-order valence-corrected chi connectivity index (χ0v) is 21.9. The number of amides is 1. The summed E-state index contributed by atoms with van der Waals surface area (Å²) in [5, 5.41) is 11.2. The second-order valence-electron chi connectivity index (χ2n) is 9.59. The third-order valence-corrected chi connectivity index (χ3v) is 7.65. The molecule has 0 spiro atoms. The molecular formula is C31H31BrN2O2. The summed E-state index contributed by atoms with van der Waals surface area (Å²) < 4.78 is 1.06. The molecule has 5 heteroatoms. The van der Waals surface area contributed by atoms with Gasteiger partial charge >= 0.3 is 0 Å². The minimum atomic E-state index is -0.730. The molecule has 0 fully saturated rings. The van der Waals surface area contributed by atoms with E-state index >= 15 is 0 Å². The third-order valence-electron chi connectivity index (χ3n) is 7.16. The average Bonchev–Trinajstić information content (AvgIpc) is 2.91. The first-order valence-electron chi connectivity index (χ1n) is 12.5. The Morgan fingerprint density at radius 2 is 1.92 bits per heavy atom. The van der Waals surface area contributed by atoms with Crippen molar-refractivity contribution in [3.63, 3.8) is 0 Å². The summed E-state index contributed by atoms with van der Waals surface area (Å²) in [7, 11) is 0. The maximum atomic E-state index is 12.5. The molecule has 0 radical (unpaired) electrons. The molecule has 0 saturated carbocycles. The standard InChI is InChI=1S/C31H31BrN2O2/c1-2-30(35)33-20-25-11-10-23(17-22-7-4-3-5-8-22)18-28(25)26(21-33)12-15-31(36)34-16-6-9-24-19-27(32)13-14-29(24)34/h2-5,7-8,10-15,18-19,26,31,36H,1,6,9,16-17,20-21H2/b15-12+/t26?,31-/m1/s1. The monoisotopic (exact) mass is 542 g/mol. The summed E-state index contributed by atoms with van der Waals surface area (Å²) >= 11 is 3.56. The van der Waals surface area contributed by atoms with Crippen molar-refractivity contribution < 1.29 is 9.90 Å². The quantitative estimate of drug-likeness (QED) is 0.308. The number of aryl methyl sites for hydroxylation is 1. The van der Waals surface area contributed by atoms with Gasteiger partial charge in [0.2, 0.25) is 5.91 Å². The second kappa shape index (κ2) is 10.9. The Balaban J connectivity index is 1.42. The number of hydrogen-bond acceptors (Lipinski definition) is 3. The van der Waals surface area contributed by atoms with Crippen molar-refractivity contribution >= 4 is 27.5 Å². The highest BCUT2D eigenvalue weighted by molar-refractivity contribution is 9.10. The van der Waals surface area contributed by atoms with Gasteiger partial charge < -0.3 is 14.9 Å². The number of carbonyl (C=O) groups is 1. The van der Waals surface area contributed by atoms with Crippen LogP contribution in [0.25, 0.3) is 0 Å². The molecule has 3 aromatic rings. The minimum absolute atomic E-state index is 0.00259. The van der Waals surface area contributed by atoms with Gasteiger partial charge in [0.25, 0.3) is 0 Å². The van der Waals surface area contributed by atoms with Gasteiger partial charge in [-0.15, -0.1) is 0 Å². The van der Waals surface area contributed by atoms with Gasteiger partial charge in [-0.1, -0.05) is 77.1 Å². The summed E-state index contributed by atoms with van der Waals surface area (Å²) in [6.07, 6.45) is 7.50. The van der Waals surface area contributed by atoms with E-state index in [1.165, 1.54) is 28.3 Å². The van der Waals surface area contributed by atoms with Crippen LogP contribution in [0.2, 0.25) is 0 Å². The first-order valence-corrected chi connectivity index (χ1v) is 13.3. The summed E-state index contributed by atoms with van der Waals surface area (Å²) in [6.45, 7) is 5.64. The van der Waals surface area contributed by atoms with E-state index in [0.29, 0.717) is 13.1 Å². The third kappa shape index (κ3) is 5.32. The molecule has 2 heterocycles. The molecule has 4 nitrogen and oxygen atoms in total. The SMILES string of the molecule is C=CC(=O)N1Cc2ccc(Cc3ccccc3)cc2C(/C=C/[C@@H](O)N2CCCc3cc(Br)ccc32)C1. The molecule has 184 valence electrons. The lowest BCUT2D eigenvalue weighted by atomic mass is 9.87. The van der Waals surface area contributed by atoms with Crippen molar-refractivity contribution in [3.05, 3.63) is 124 Å². The maximum Gasteiger partial charge on any atom is 0.246 e. The lowest BCUT2D eigenvalue weighted by molar-refractivity contribution is -0.127. The van der Waals surface area contributed by atoms with E-state index in [-0.39, 0.29) is 11.8 Å². The normalized spacial score (nSPS) is 18.0. The second-order valence-corrected chi connectivity index (χ2v) is 10.5. The van der Waals surface area contributed by atoms with Crippen molar-refractivity contribution in [2.75, 3.05) is 18.0 Å². The van der Waals surface area contributed by atoms with Crippen LogP contribution >= 0.6 is 15.9 Å². The lowest BCUT2D eigenvalue weighted by Crippen LogP contribution is -2.39. The molecule has 3 aromatic carbocycles. The van der Waals surface area contributed by atoms with Crippen molar-refractivity contribution in [2.24, 2.45) is 0 Å². The average molecular weight is 544 g/mol. The predicted molar refractivity (Wildman–Crippen MR) is 149 cm³/mol. The maximum absolute atomic E-state index is 12.5. The zero-order valence-electron chi connectivity index (χ0n) is 20.3. The number of anilines is 1. The zero-order chi connectivity index (χ0) is 25.1. The van der Waals surface area contributed by atoms with Crippen molar-refractivity contribution in [3.8, 4) is 0 Å². The van der Waals surface area contributed by atoms with Crippen LogP contribution in [0, 0.1) is 0 Å². The minimum Gasteiger partial charge on any atom is -0.370 e. The molecule has 0 saturated heterocycles. The highest BCUT2D eigenvalue weighted by Crippen LogP contribution is 2.33. The molecule has 36 heavy (non-hydrogen) atoms. The largest absolute Gasteiger partial charge is 0.370 e. The summed E-state index contributed by atoms with van der Waals surface area (Å²) in [5.74, 6) is -0.0688. The summed E-state index contributed by atoms with van der Waals surface area (Å²) in [4.78, 5) is 16.4. The Hall–Kier alpha value is -3.15. The predicted octanol–water partition coefficient (Wildman–Crippen LogP) is 5.98. The van der Waals surface area contributed by atoms with Crippen LogP contribution in [-0.2, 0) is 24.2 Å². The number of nitrogens with zero attached hydrogens (tertiary/aromatic N) is 2. The Bertz CT molecular complexity index is 1290. The van der Waals surface area contributed by atoms with Crippen LogP contribution in [0.4, 0.5) is 5.69 Å². The van der Waals surface area contributed by atoms with Crippen LogP contribution in [0.1, 0.15) is 40.2 Å². The number of halogens is 1. The van der Waals surface area contributed by atoms with E-state index in [1.807, 2.05) is 23.1 Å². The van der Waals surface area contributed by atoms with Crippen molar-refractivity contribution in [1.29, 1.82) is 0 Å². The van der Waals surface area contributed by atoms with Gasteiger partial charge in [-0.2, -0.15) is 0 Å². The van der Waals surface area contributed by atoms with Crippen LogP contribution in [0.3, 0.4) is 0 Å². The highest BCUT2D eigenvalue weighted by Gasteiger charge is 2.27. The molecule has 0 aromatic heterocycles. The van der Waals surface area contributed by atoms with Crippen LogP contribution in [0.15, 0.2) is 96.0 Å². The molecular weight excluding hydrogens is 512 g/mol. The van der Waals surface area contributed by atoms with Crippen molar-refractivity contribution in [1.82, 2.24) is 4.90 Å². The molecule has 2 atom stereocenters. The first-order chi connectivity index (χ1) is 17.5. The summed E-state index contributed by atoms with van der Waals surface area (Å²) in [5.41, 5.74) is 7.22. The number of carbonyl (C=O) groups excluding carboxylic acids is 1. The van der Waals surface area contributed by atoms with Crippen LogP contribution < -0.4 is 4.90 Å². The van der Waals surface area contributed by atoms with E-state index in [1.54, 1.807) is 0 Å². The van der Waals surface area contributed by atoms with Gasteiger partial charge in [0.1, 0.15) is 6.23 Å². The van der Waals surface area contributed by atoms with Crippen molar-refractivity contribution in [2.45, 2.75) is 38.0 Å². The molecule has 1 N–H and O–H groups in total. The van der Waals surface area contributed by atoms with E-state index in [9.17, 15) is 9.90 Å². The molecule has 1 amide bonds. The molecule has 5 rings (SSSR count). The van der Waals surface area contributed by atoms with Crippen LogP contribution in [-0.4, -0.2) is 35.2 Å². The van der Waals surface area contributed by atoms with E-state index in [0.717, 1.165) is 41.5 Å². The molecule has 2 aliphatic rings. The van der Waals surface area contributed by atoms with Crippen LogP contribution in [0.5, 0.6) is 0 Å². The number of fused-ring (bicyclic) bond motifs is 2. The van der Waals surface area contributed by atoms with Gasteiger partial charge in [0, 0.05) is 35.7 Å². The van der Waals surface area contributed by atoms with E-state index in [2.05, 4.69) is 88.1 Å². The smallest absolute Gasteiger partial charge is 0.246 e. The Labute approximate surface area is 221 Å². The van der Waals surface area contributed by atoms with Gasteiger partial charge in [-0.25, -0.2) is 0 Å². The van der Waals surface area contributed by atoms with Gasteiger partial charge in [-0.3, -0.25) is 4.79 Å². The molecule has 0 aliphatic carbocycles. The van der Waals surface area contributed by atoms with E-state index < -0.39 is 6.23 Å². The highest BCUT2D eigenvalue weighted by atomic mass is 79.9. The molecule has 0 bridgehead atoms. The molecule has 2 aliphatic heterocycles. The fraction of sp³-hybridized carbons (Fsp3) is 0.258. The Kier molecular flexibility index (Phi) is 7.40. The summed E-state index contributed by atoms with van der Waals surface area (Å²) in [6, 6.07) is 23.3. The Morgan fingerprint density at radius 3 is 2.72 bits per heavy atom. The fourth-order valence-corrected chi connectivity index (χ4v) is 5.76. The topological polar surface area (TPSA) is 43.8 Å². The number of hydrogen-bond donors (Lipinski definition) is 1. The molecule has 1 unspecified atom stereocenters.